The lowest BCUT2D eigenvalue weighted by atomic mass is 9.75. The SMILES string of the molecule is C#CC(NC1CCCC12CCOCC2)C(C)C. The van der Waals surface area contributed by atoms with Crippen LogP contribution in [-0.2, 0) is 4.74 Å². The summed E-state index contributed by atoms with van der Waals surface area (Å²) in [4.78, 5) is 0. The van der Waals surface area contributed by atoms with Crippen molar-refractivity contribution in [3.63, 3.8) is 0 Å². The average Bonchev–Trinajstić information content (AvgIpc) is 2.69. The molecule has 0 aromatic carbocycles. The van der Waals surface area contributed by atoms with Gasteiger partial charge in [0, 0.05) is 19.3 Å². The Balaban J connectivity index is 2.02. The van der Waals surface area contributed by atoms with Crippen molar-refractivity contribution in [1.82, 2.24) is 5.32 Å². The number of nitrogens with one attached hydrogen (secondary N) is 1. The van der Waals surface area contributed by atoms with E-state index in [1.165, 1.54) is 32.1 Å². The van der Waals surface area contributed by atoms with Crippen LogP contribution in [0.5, 0.6) is 0 Å². The van der Waals surface area contributed by atoms with Crippen LogP contribution in [0.3, 0.4) is 0 Å². The highest BCUT2D eigenvalue weighted by Gasteiger charge is 2.44. The van der Waals surface area contributed by atoms with Crippen molar-refractivity contribution >= 4 is 0 Å². The molecule has 0 amide bonds. The van der Waals surface area contributed by atoms with Crippen molar-refractivity contribution in [3.05, 3.63) is 0 Å². The van der Waals surface area contributed by atoms with Crippen LogP contribution < -0.4 is 5.32 Å². The van der Waals surface area contributed by atoms with Crippen LogP contribution in [-0.4, -0.2) is 25.3 Å². The van der Waals surface area contributed by atoms with Crippen molar-refractivity contribution in [2.24, 2.45) is 11.3 Å². The van der Waals surface area contributed by atoms with Gasteiger partial charge in [-0.3, -0.25) is 0 Å². The monoisotopic (exact) mass is 235 g/mol. The van der Waals surface area contributed by atoms with Crippen LogP contribution >= 0.6 is 0 Å². The highest BCUT2D eigenvalue weighted by molar-refractivity contribution is 5.06. The van der Waals surface area contributed by atoms with Gasteiger partial charge in [0.25, 0.3) is 0 Å². The summed E-state index contributed by atoms with van der Waals surface area (Å²) in [6, 6.07) is 0.827. The molecule has 2 heteroatoms. The summed E-state index contributed by atoms with van der Waals surface area (Å²) in [6.07, 6.45) is 12.0. The van der Waals surface area contributed by atoms with E-state index in [0.717, 1.165) is 13.2 Å². The Labute approximate surface area is 105 Å². The normalized spacial score (nSPS) is 29.4. The fourth-order valence-electron chi connectivity index (χ4n) is 3.42. The molecule has 17 heavy (non-hydrogen) atoms. The van der Waals surface area contributed by atoms with Gasteiger partial charge in [-0.2, -0.15) is 0 Å². The van der Waals surface area contributed by atoms with Crippen LogP contribution in [0.15, 0.2) is 0 Å². The van der Waals surface area contributed by atoms with E-state index in [9.17, 15) is 0 Å². The van der Waals surface area contributed by atoms with Crippen LogP contribution in [0.2, 0.25) is 0 Å². The highest BCUT2D eigenvalue weighted by atomic mass is 16.5. The zero-order valence-electron chi connectivity index (χ0n) is 11.2. The second-order valence-electron chi connectivity index (χ2n) is 5.97. The third-order valence-corrected chi connectivity index (χ3v) is 4.62. The summed E-state index contributed by atoms with van der Waals surface area (Å²) < 4.78 is 5.52. The van der Waals surface area contributed by atoms with Gasteiger partial charge in [0.15, 0.2) is 0 Å². The summed E-state index contributed by atoms with van der Waals surface area (Å²) in [6.45, 7) is 6.26. The van der Waals surface area contributed by atoms with Crippen LogP contribution in [0, 0.1) is 23.7 Å². The summed E-state index contributed by atoms with van der Waals surface area (Å²) in [5.74, 6) is 3.42. The molecule has 2 unspecified atom stereocenters. The average molecular weight is 235 g/mol. The highest BCUT2D eigenvalue weighted by Crippen LogP contribution is 2.46. The first kappa shape index (κ1) is 12.9. The van der Waals surface area contributed by atoms with Gasteiger partial charge in [-0.05, 0) is 37.0 Å². The third kappa shape index (κ3) is 2.67. The largest absolute Gasteiger partial charge is 0.381 e. The van der Waals surface area contributed by atoms with Crippen LogP contribution in [0.1, 0.15) is 46.0 Å². The molecule has 0 aromatic rings. The molecule has 2 fully saturated rings. The van der Waals surface area contributed by atoms with E-state index in [1.807, 2.05) is 0 Å². The van der Waals surface area contributed by atoms with E-state index in [-0.39, 0.29) is 6.04 Å². The predicted octanol–water partition coefficient (Wildman–Crippen LogP) is 2.58. The third-order valence-electron chi connectivity index (χ3n) is 4.62. The molecule has 1 aliphatic heterocycles. The number of ether oxygens (including phenoxy) is 1. The second kappa shape index (κ2) is 5.42. The maximum absolute atomic E-state index is 5.63. The number of hydrogen-bond donors (Lipinski definition) is 1. The summed E-state index contributed by atoms with van der Waals surface area (Å²) in [7, 11) is 0. The topological polar surface area (TPSA) is 21.3 Å². The smallest absolute Gasteiger partial charge is 0.0712 e. The van der Waals surface area contributed by atoms with E-state index >= 15 is 0 Å². The van der Waals surface area contributed by atoms with E-state index in [0.29, 0.717) is 17.4 Å². The number of hydrogen-bond acceptors (Lipinski definition) is 2. The zero-order valence-corrected chi connectivity index (χ0v) is 11.2. The first-order chi connectivity index (χ1) is 8.18. The number of rotatable bonds is 3. The summed E-state index contributed by atoms with van der Waals surface area (Å²) in [5.41, 5.74) is 0.474. The fraction of sp³-hybridized carbons (Fsp3) is 0.867. The van der Waals surface area contributed by atoms with Crippen molar-refractivity contribution in [2.75, 3.05) is 13.2 Å². The molecule has 1 N–H and O–H groups in total. The quantitative estimate of drug-likeness (QED) is 0.759. The molecular weight excluding hydrogens is 210 g/mol. The van der Waals surface area contributed by atoms with Crippen molar-refractivity contribution < 1.29 is 4.74 Å². The van der Waals surface area contributed by atoms with Gasteiger partial charge in [-0.15, -0.1) is 6.42 Å². The molecule has 2 aliphatic rings. The Hall–Kier alpha value is -0.520. The van der Waals surface area contributed by atoms with Gasteiger partial charge < -0.3 is 10.1 Å². The minimum Gasteiger partial charge on any atom is -0.381 e. The lowest BCUT2D eigenvalue weighted by molar-refractivity contribution is 0.00277. The Morgan fingerprint density at radius 1 is 1.29 bits per heavy atom. The number of terminal acetylenes is 1. The van der Waals surface area contributed by atoms with Crippen molar-refractivity contribution in [1.29, 1.82) is 0 Å². The van der Waals surface area contributed by atoms with Crippen LogP contribution in [0.25, 0.3) is 0 Å². The summed E-state index contributed by atoms with van der Waals surface area (Å²) in [5, 5.41) is 3.73. The molecule has 1 spiro atoms. The fourth-order valence-corrected chi connectivity index (χ4v) is 3.42. The Bertz CT molecular complexity index is 286. The van der Waals surface area contributed by atoms with Crippen molar-refractivity contribution in [3.8, 4) is 12.3 Å². The standard InChI is InChI=1S/C15H25NO/c1-4-13(12(2)3)16-14-6-5-7-15(14)8-10-17-11-9-15/h1,12-14,16H,5-11H2,2-3H3. The Morgan fingerprint density at radius 3 is 2.59 bits per heavy atom. The molecule has 0 aromatic heterocycles. The minimum atomic E-state index is 0.220. The van der Waals surface area contributed by atoms with Gasteiger partial charge in [-0.25, -0.2) is 0 Å². The predicted molar refractivity (Wildman–Crippen MR) is 70.7 cm³/mol. The lowest BCUT2D eigenvalue weighted by Crippen LogP contribution is -2.49. The van der Waals surface area contributed by atoms with E-state index in [1.54, 1.807) is 0 Å². The molecule has 0 bridgehead atoms. The Kier molecular flexibility index (Phi) is 4.12. The minimum absolute atomic E-state index is 0.220. The lowest BCUT2D eigenvalue weighted by Gasteiger charge is -2.40. The van der Waals surface area contributed by atoms with E-state index < -0.39 is 0 Å². The molecule has 1 saturated heterocycles. The maximum atomic E-state index is 5.63. The molecule has 2 nitrogen and oxygen atoms in total. The van der Waals surface area contributed by atoms with Gasteiger partial charge in [0.05, 0.1) is 6.04 Å². The van der Waals surface area contributed by atoms with E-state index in [4.69, 9.17) is 11.2 Å². The molecule has 0 radical (unpaired) electrons. The van der Waals surface area contributed by atoms with E-state index in [2.05, 4.69) is 25.1 Å². The molecule has 2 atom stereocenters. The molecule has 1 aliphatic carbocycles. The molecule has 1 saturated carbocycles. The first-order valence-electron chi connectivity index (χ1n) is 6.98. The second-order valence-corrected chi connectivity index (χ2v) is 5.97. The van der Waals surface area contributed by atoms with Gasteiger partial charge >= 0.3 is 0 Å². The zero-order chi connectivity index (χ0) is 12.3. The molecule has 1 heterocycles. The van der Waals surface area contributed by atoms with Crippen LogP contribution in [0.4, 0.5) is 0 Å². The van der Waals surface area contributed by atoms with Gasteiger partial charge in [0.1, 0.15) is 0 Å². The van der Waals surface area contributed by atoms with Crippen molar-refractivity contribution in [2.45, 2.75) is 58.0 Å². The van der Waals surface area contributed by atoms with Gasteiger partial charge in [-0.1, -0.05) is 26.2 Å². The molecular formula is C15H25NO. The molecule has 96 valence electrons. The Morgan fingerprint density at radius 2 is 2.00 bits per heavy atom. The maximum Gasteiger partial charge on any atom is 0.0712 e. The molecule has 2 rings (SSSR count). The summed E-state index contributed by atoms with van der Waals surface area (Å²) >= 11 is 0. The first-order valence-corrected chi connectivity index (χ1v) is 6.98. The van der Waals surface area contributed by atoms with Gasteiger partial charge in [0.2, 0.25) is 0 Å².